The standard InChI is InChI=1S/C26H35N7O7/c1-26(2,3)40-21(35)14-17(15-28-31-25(27)39)29-23(37)19-10-7-13-32-20(34)12-11-18(24(38)33(19)32)30-22(36)16-8-5-4-6-9-16/h4-6,8-9,15,17-19H,7,10-14H2,1-3H3,(H,29,37)(H,30,36)(H3,27,31,39)/t17-,18-,19-/m0/s1. The summed E-state index contributed by atoms with van der Waals surface area (Å²) in [7, 11) is 0. The number of primary amides is 1. The highest BCUT2D eigenvalue weighted by Crippen LogP contribution is 2.25. The largest absolute Gasteiger partial charge is 0.460 e. The quantitative estimate of drug-likeness (QED) is 0.199. The van der Waals surface area contributed by atoms with Gasteiger partial charge in [-0.3, -0.25) is 29.0 Å². The van der Waals surface area contributed by atoms with Crippen LogP contribution in [-0.4, -0.2) is 82.1 Å². The number of hydrazine groups is 1. The van der Waals surface area contributed by atoms with Crippen molar-refractivity contribution in [3.05, 3.63) is 35.9 Å². The first-order valence-electron chi connectivity index (χ1n) is 13.0. The number of carbonyl (C=O) groups excluding carboxylic acids is 6. The normalized spacial score (nSPS) is 20.3. The molecule has 0 unspecified atom stereocenters. The molecular weight excluding hydrogens is 522 g/mol. The fraction of sp³-hybridized carbons (Fsp3) is 0.500. The summed E-state index contributed by atoms with van der Waals surface area (Å²) in [5.41, 5.74) is 6.60. The SMILES string of the molecule is CC(C)(C)OC(=O)C[C@@H](C=NNC(N)=O)NC(=O)[C@@H]1CCCN2C(=O)CC[C@H](NC(=O)c3ccccc3)C(=O)N12. The van der Waals surface area contributed by atoms with Gasteiger partial charge in [0.2, 0.25) is 11.8 Å². The van der Waals surface area contributed by atoms with Crippen LogP contribution in [0.2, 0.25) is 0 Å². The molecule has 2 fully saturated rings. The first-order valence-corrected chi connectivity index (χ1v) is 13.0. The van der Waals surface area contributed by atoms with Gasteiger partial charge in [0.15, 0.2) is 0 Å². The molecule has 2 aliphatic rings. The molecule has 40 heavy (non-hydrogen) atoms. The van der Waals surface area contributed by atoms with Crippen molar-refractivity contribution in [1.29, 1.82) is 0 Å². The Morgan fingerprint density at radius 1 is 1.15 bits per heavy atom. The van der Waals surface area contributed by atoms with Gasteiger partial charge in [0.05, 0.1) is 12.5 Å². The van der Waals surface area contributed by atoms with Gasteiger partial charge in [0.1, 0.15) is 17.7 Å². The Balaban J connectivity index is 1.80. The third kappa shape index (κ3) is 8.25. The number of urea groups is 1. The van der Waals surface area contributed by atoms with Gasteiger partial charge in [-0.15, -0.1) is 0 Å². The molecule has 14 heteroatoms. The molecule has 14 nitrogen and oxygen atoms in total. The number of nitrogens with zero attached hydrogens (tertiary/aromatic N) is 3. The number of carbonyl (C=O) groups is 6. The zero-order valence-electron chi connectivity index (χ0n) is 22.7. The summed E-state index contributed by atoms with van der Waals surface area (Å²) < 4.78 is 5.32. The van der Waals surface area contributed by atoms with Gasteiger partial charge in [0, 0.05) is 24.7 Å². The lowest BCUT2D eigenvalue weighted by Gasteiger charge is -2.43. The smallest absolute Gasteiger partial charge is 0.332 e. The number of rotatable bonds is 8. The molecule has 0 aliphatic carbocycles. The van der Waals surface area contributed by atoms with Crippen LogP contribution in [0.15, 0.2) is 35.4 Å². The van der Waals surface area contributed by atoms with Crippen LogP contribution >= 0.6 is 0 Å². The molecule has 3 rings (SSSR count). The monoisotopic (exact) mass is 557 g/mol. The molecule has 2 saturated heterocycles. The van der Waals surface area contributed by atoms with Crippen LogP contribution in [0, 0.1) is 0 Å². The van der Waals surface area contributed by atoms with Crippen molar-refractivity contribution in [3.8, 4) is 0 Å². The lowest BCUT2D eigenvalue weighted by Crippen LogP contribution is -2.64. The number of fused-ring (bicyclic) bond motifs is 1. The van der Waals surface area contributed by atoms with E-state index >= 15 is 0 Å². The number of hydrazone groups is 1. The molecule has 2 heterocycles. The Hall–Kier alpha value is -4.49. The summed E-state index contributed by atoms with van der Waals surface area (Å²) in [6.07, 6.45) is 1.55. The summed E-state index contributed by atoms with van der Waals surface area (Å²) in [4.78, 5) is 76.3. The number of esters is 1. The molecular formula is C26H35N7O7. The first kappa shape index (κ1) is 30.1. The maximum atomic E-state index is 13.6. The topological polar surface area (TPSA) is 193 Å². The lowest BCUT2D eigenvalue weighted by atomic mass is 10.0. The van der Waals surface area contributed by atoms with E-state index in [4.69, 9.17) is 10.5 Å². The summed E-state index contributed by atoms with van der Waals surface area (Å²) in [6.45, 7) is 5.30. The van der Waals surface area contributed by atoms with Crippen LogP contribution in [0.1, 0.15) is 63.2 Å². The zero-order chi connectivity index (χ0) is 29.4. The van der Waals surface area contributed by atoms with Gasteiger partial charge < -0.3 is 21.1 Å². The fourth-order valence-corrected chi connectivity index (χ4v) is 4.41. The van der Waals surface area contributed by atoms with Crippen molar-refractivity contribution in [2.75, 3.05) is 6.54 Å². The second-order valence-corrected chi connectivity index (χ2v) is 10.4. The number of nitrogens with one attached hydrogen (secondary N) is 3. The Kier molecular flexibility index (Phi) is 9.80. The van der Waals surface area contributed by atoms with Crippen LogP contribution in [0.3, 0.4) is 0 Å². The summed E-state index contributed by atoms with van der Waals surface area (Å²) in [5.74, 6) is -2.71. The van der Waals surface area contributed by atoms with E-state index in [1.165, 1.54) is 5.01 Å². The number of nitrogens with two attached hydrogens (primary N) is 1. The summed E-state index contributed by atoms with van der Waals surface area (Å²) in [5, 5.41) is 11.3. The first-order chi connectivity index (χ1) is 18.9. The Morgan fingerprint density at radius 3 is 2.50 bits per heavy atom. The third-order valence-corrected chi connectivity index (χ3v) is 6.07. The van der Waals surface area contributed by atoms with Crippen molar-refractivity contribution in [3.63, 3.8) is 0 Å². The van der Waals surface area contributed by atoms with Crippen LogP contribution in [0.25, 0.3) is 0 Å². The Morgan fingerprint density at radius 2 is 1.85 bits per heavy atom. The maximum Gasteiger partial charge on any atom is 0.332 e. The highest BCUT2D eigenvalue weighted by molar-refractivity contribution is 6.00. The van der Waals surface area contributed by atoms with Crippen LogP contribution < -0.4 is 21.8 Å². The minimum Gasteiger partial charge on any atom is -0.460 e. The minimum atomic E-state index is -1.10. The van der Waals surface area contributed by atoms with Gasteiger partial charge in [-0.1, -0.05) is 18.2 Å². The average Bonchev–Trinajstić information content (AvgIpc) is 2.99. The van der Waals surface area contributed by atoms with E-state index in [1.807, 2.05) is 5.43 Å². The van der Waals surface area contributed by atoms with Crippen molar-refractivity contribution in [1.82, 2.24) is 26.1 Å². The minimum absolute atomic E-state index is 0.00300. The van der Waals surface area contributed by atoms with E-state index in [1.54, 1.807) is 51.1 Å². The molecule has 1 aromatic carbocycles. The van der Waals surface area contributed by atoms with Gasteiger partial charge in [-0.05, 0) is 52.2 Å². The van der Waals surface area contributed by atoms with E-state index in [0.29, 0.717) is 12.0 Å². The molecule has 6 amide bonds. The van der Waals surface area contributed by atoms with E-state index in [2.05, 4.69) is 15.7 Å². The summed E-state index contributed by atoms with van der Waals surface area (Å²) in [6, 6.07) is 4.23. The second kappa shape index (κ2) is 13.0. The molecule has 0 saturated carbocycles. The average molecular weight is 558 g/mol. The molecule has 1 aromatic rings. The molecule has 0 bridgehead atoms. The molecule has 3 atom stereocenters. The molecule has 2 aliphatic heterocycles. The van der Waals surface area contributed by atoms with Crippen molar-refractivity contribution < 1.29 is 33.5 Å². The zero-order valence-corrected chi connectivity index (χ0v) is 22.7. The van der Waals surface area contributed by atoms with E-state index in [9.17, 15) is 28.8 Å². The third-order valence-electron chi connectivity index (χ3n) is 6.07. The Bertz CT molecular complexity index is 1170. The van der Waals surface area contributed by atoms with Crippen molar-refractivity contribution in [2.24, 2.45) is 10.8 Å². The van der Waals surface area contributed by atoms with Gasteiger partial charge >= 0.3 is 12.0 Å². The number of hydrogen-bond acceptors (Lipinski definition) is 8. The van der Waals surface area contributed by atoms with Gasteiger partial charge in [-0.25, -0.2) is 15.2 Å². The number of ether oxygens (including phenoxy) is 1. The highest BCUT2D eigenvalue weighted by Gasteiger charge is 2.45. The van der Waals surface area contributed by atoms with E-state index in [0.717, 1.165) is 11.2 Å². The van der Waals surface area contributed by atoms with Gasteiger partial charge in [-0.2, -0.15) is 5.10 Å². The van der Waals surface area contributed by atoms with Crippen LogP contribution in [0.4, 0.5) is 4.79 Å². The lowest BCUT2D eigenvalue weighted by molar-refractivity contribution is -0.176. The van der Waals surface area contributed by atoms with Crippen molar-refractivity contribution >= 4 is 41.8 Å². The predicted molar refractivity (Wildman–Crippen MR) is 142 cm³/mol. The predicted octanol–water partition coefficient (Wildman–Crippen LogP) is 0.184. The second-order valence-electron chi connectivity index (χ2n) is 10.4. The van der Waals surface area contributed by atoms with Crippen LogP contribution in [-0.2, 0) is 23.9 Å². The number of hydrogen-bond donors (Lipinski definition) is 4. The summed E-state index contributed by atoms with van der Waals surface area (Å²) >= 11 is 0. The van der Waals surface area contributed by atoms with Crippen LogP contribution in [0.5, 0.6) is 0 Å². The van der Waals surface area contributed by atoms with Crippen molar-refractivity contribution in [2.45, 2.75) is 76.6 Å². The highest BCUT2D eigenvalue weighted by atomic mass is 16.6. The number of benzene rings is 1. The molecule has 216 valence electrons. The fourth-order valence-electron chi connectivity index (χ4n) is 4.41. The van der Waals surface area contributed by atoms with E-state index in [-0.39, 0.29) is 38.1 Å². The van der Waals surface area contributed by atoms with E-state index < -0.39 is 53.4 Å². The Labute approximate surface area is 231 Å². The van der Waals surface area contributed by atoms with Gasteiger partial charge in [0.25, 0.3) is 11.8 Å². The molecule has 0 radical (unpaired) electrons. The number of amides is 6. The molecule has 0 spiro atoms. The maximum absolute atomic E-state index is 13.6. The molecule has 5 N–H and O–H groups in total. The molecule has 0 aromatic heterocycles.